The number of anilines is 12. The molecule has 0 fully saturated rings. The molecule has 0 aliphatic carbocycles. The molecule has 12 nitrogen and oxygen atoms in total. The maximum atomic E-state index is 5.01. The molecule has 596 valence electrons. The second-order valence-electron chi connectivity index (χ2n) is 30.7. The van der Waals surface area contributed by atoms with Crippen molar-refractivity contribution < 1.29 is 0 Å². The van der Waals surface area contributed by atoms with Crippen molar-refractivity contribution in [2.75, 3.05) is 19.6 Å². The molecule has 0 saturated heterocycles. The van der Waals surface area contributed by atoms with Gasteiger partial charge in [0.25, 0.3) is 0 Å². The van der Waals surface area contributed by atoms with Crippen LogP contribution in [0.4, 0.5) is 68.2 Å². The van der Waals surface area contributed by atoms with Gasteiger partial charge >= 0.3 is 0 Å². The number of fused-ring (bicyclic) bond motifs is 6. The topological polar surface area (TPSA) is 100 Å². The van der Waals surface area contributed by atoms with Crippen LogP contribution in [-0.4, -0.2) is 39.0 Å². The lowest BCUT2D eigenvalue weighted by Crippen LogP contribution is -2.09. The molecular formula is C114H80N12. The van der Waals surface area contributed by atoms with Gasteiger partial charge in [0.15, 0.2) is 34.9 Å². The predicted molar refractivity (Wildman–Crippen MR) is 520 cm³/mol. The first-order chi connectivity index (χ1) is 62.5. The molecule has 0 aliphatic heterocycles. The molecule has 22 rings (SSSR count). The van der Waals surface area contributed by atoms with Crippen molar-refractivity contribution in [2.45, 2.75) is 0 Å². The zero-order valence-corrected chi connectivity index (χ0v) is 68.6. The number of para-hydroxylation sites is 8. The zero-order valence-electron chi connectivity index (χ0n) is 68.6. The lowest BCUT2D eigenvalue weighted by Gasteiger charge is -2.26. The molecule has 0 spiro atoms. The van der Waals surface area contributed by atoms with Crippen molar-refractivity contribution in [3.63, 3.8) is 0 Å². The fraction of sp³-hybridized carbons (Fsp3) is 0. The van der Waals surface area contributed by atoms with E-state index in [4.69, 9.17) is 29.9 Å². The fourth-order valence-electron chi connectivity index (χ4n) is 16.9. The average Bonchev–Trinajstić information content (AvgIpc) is 1.58. The van der Waals surface area contributed by atoms with Crippen LogP contribution in [0.15, 0.2) is 485 Å². The quantitative estimate of drug-likeness (QED) is 0.0733. The minimum Gasteiger partial charge on any atom is -0.310 e. The molecule has 18 aromatic carbocycles. The number of aromatic nitrogens is 8. The molecule has 0 bridgehead atoms. The summed E-state index contributed by atoms with van der Waals surface area (Å²) in [4.78, 5) is 39.1. The Morgan fingerprint density at radius 2 is 0.286 bits per heavy atom. The van der Waals surface area contributed by atoms with Gasteiger partial charge in [0.05, 0.1) is 22.1 Å². The standard InChI is InChI=1S/2C57H40N6/c2*1-7-19-41(20-8-1)55-58-56(42-21-9-2-10-22-42)60-57(59-55)43-31-33-48(34-32-43)63-53-37-35-49(61(44-23-11-3-12-24-44)45-25-13-4-14-26-45)39-51(53)52-40-50(36-38-54(52)63)62(46-27-15-5-16-28-46)47-29-17-6-18-30-47/h2*1-40H. The largest absolute Gasteiger partial charge is 0.310 e. The minimum atomic E-state index is 0.620. The van der Waals surface area contributed by atoms with E-state index in [2.05, 4.69) is 393 Å². The monoisotopic (exact) mass is 1620 g/mol. The normalized spacial score (nSPS) is 11.2. The Kier molecular flexibility index (Phi) is 20.9. The first-order valence-corrected chi connectivity index (χ1v) is 42.2. The summed E-state index contributed by atoms with van der Waals surface area (Å²) in [7, 11) is 0. The van der Waals surface area contributed by atoms with Gasteiger partial charge in [0.2, 0.25) is 0 Å². The molecule has 0 N–H and O–H groups in total. The highest BCUT2D eigenvalue weighted by Gasteiger charge is 2.25. The van der Waals surface area contributed by atoms with Crippen molar-refractivity contribution in [1.29, 1.82) is 0 Å². The third-order valence-electron chi connectivity index (χ3n) is 22.8. The molecule has 0 radical (unpaired) electrons. The van der Waals surface area contributed by atoms with Gasteiger partial charge in [-0.2, -0.15) is 0 Å². The highest BCUT2D eigenvalue weighted by Crippen LogP contribution is 2.47. The smallest absolute Gasteiger partial charge is 0.164 e. The van der Waals surface area contributed by atoms with Crippen LogP contribution in [-0.2, 0) is 0 Å². The van der Waals surface area contributed by atoms with Gasteiger partial charge in [0, 0.05) is 135 Å². The van der Waals surface area contributed by atoms with Crippen molar-refractivity contribution >= 4 is 112 Å². The number of hydrogen-bond acceptors (Lipinski definition) is 10. The van der Waals surface area contributed by atoms with Crippen molar-refractivity contribution in [3.05, 3.63) is 485 Å². The molecule has 0 unspecified atom stereocenters. The van der Waals surface area contributed by atoms with E-state index in [1.165, 1.54) is 0 Å². The molecule has 4 heterocycles. The van der Waals surface area contributed by atoms with Gasteiger partial charge in [-0.1, -0.05) is 267 Å². The highest BCUT2D eigenvalue weighted by molar-refractivity contribution is 6.14. The lowest BCUT2D eigenvalue weighted by atomic mass is 10.1. The zero-order chi connectivity index (χ0) is 83.9. The van der Waals surface area contributed by atoms with Crippen LogP contribution in [0.1, 0.15) is 0 Å². The second kappa shape index (κ2) is 34.5. The average molecular weight is 1620 g/mol. The second-order valence-corrected chi connectivity index (χ2v) is 30.7. The van der Waals surface area contributed by atoms with Gasteiger partial charge in [-0.15, -0.1) is 0 Å². The SMILES string of the molecule is c1ccc(-c2nc(-c3ccccc3)nc(-c3ccc(-n4c5ccc(N(c6ccccc6)c6ccccc6)cc5c5cc(N(c6ccccc6)c6ccccc6)ccc54)cc3)n2)cc1.c1ccc(-c2nc(-c3ccccc3)nc(-c3ccc(-n4c5ccc(N(c6ccccc6)c6ccccc6)cc5c5cc(N(c6ccccc6)c6ccccc6)ccc54)cc3)n2)cc1. The Labute approximate surface area is 730 Å². The molecular weight excluding hydrogens is 1540 g/mol. The number of benzene rings is 18. The van der Waals surface area contributed by atoms with E-state index >= 15 is 0 Å². The van der Waals surface area contributed by atoms with E-state index in [1.54, 1.807) is 0 Å². The molecule has 4 aromatic heterocycles. The summed E-state index contributed by atoms with van der Waals surface area (Å²) in [5, 5.41) is 4.57. The van der Waals surface area contributed by atoms with E-state index < -0.39 is 0 Å². The van der Waals surface area contributed by atoms with Gasteiger partial charge in [-0.3, -0.25) is 0 Å². The summed E-state index contributed by atoms with van der Waals surface area (Å²) in [5.41, 5.74) is 25.0. The van der Waals surface area contributed by atoms with E-state index in [-0.39, 0.29) is 0 Å². The van der Waals surface area contributed by atoms with Crippen LogP contribution in [0.2, 0.25) is 0 Å². The summed E-state index contributed by atoms with van der Waals surface area (Å²) >= 11 is 0. The number of hydrogen-bond donors (Lipinski definition) is 0. The molecule has 126 heavy (non-hydrogen) atoms. The molecule has 0 saturated carbocycles. The van der Waals surface area contributed by atoms with E-state index in [9.17, 15) is 0 Å². The van der Waals surface area contributed by atoms with Crippen molar-refractivity contribution in [3.8, 4) is 79.7 Å². The molecule has 0 aliphatic rings. The first kappa shape index (κ1) is 76.2. The summed E-state index contributed by atoms with van der Waals surface area (Å²) in [6.45, 7) is 0. The molecule has 22 aromatic rings. The predicted octanol–water partition coefficient (Wildman–Crippen LogP) is 29.8. The first-order valence-electron chi connectivity index (χ1n) is 42.2. The highest BCUT2D eigenvalue weighted by atomic mass is 15.2. The van der Waals surface area contributed by atoms with Crippen LogP contribution in [0, 0.1) is 0 Å². The van der Waals surface area contributed by atoms with Crippen LogP contribution < -0.4 is 19.6 Å². The number of rotatable bonds is 20. The molecule has 0 atom stereocenters. The van der Waals surface area contributed by atoms with Gasteiger partial charge in [0.1, 0.15) is 0 Å². The van der Waals surface area contributed by atoms with Crippen LogP contribution in [0.25, 0.3) is 123 Å². The third kappa shape index (κ3) is 15.4. The van der Waals surface area contributed by atoms with Gasteiger partial charge in [-0.05, 0) is 218 Å². The Balaban J connectivity index is 0.000000154. The Hall–Kier alpha value is -17.2. The van der Waals surface area contributed by atoms with Gasteiger partial charge in [-0.25, -0.2) is 29.9 Å². The maximum Gasteiger partial charge on any atom is 0.164 e. The summed E-state index contributed by atoms with van der Waals surface area (Å²) in [6, 6.07) is 169. The summed E-state index contributed by atoms with van der Waals surface area (Å²) in [5.74, 6) is 3.79. The van der Waals surface area contributed by atoms with Crippen molar-refractivity contribution in [1.82, 2.24) is 39.0 Å². The summed E-state index contributed by atoms with van der Waals surface area (Å²) in [6.07, 6.45) is 0. The lowest BCUT2D eigenvalue weighted by molar-refractivity contribution is 1.07. The Bertz CT molecular complexity index is 6510. The van der Waals surface area contributed by atoms with E-state index in [0.717, 1.165) is 157 Å². The van der Waals surface area contributed by atoms with Crippen LogP contribution in [0.5, 0.6) is 0 Å². The third-order valence-corrected chi connectivity index (χ3v) is 22.8. The van der Waals surface area contributed by atoms with Gasteiger partial charge < -0.3 is 28.7 Å². The maximum absolute atomic E-state index is 5.01. The minimum absolute atomic E-state index is 0.620. The van der Waals surface area contributed by atoms with Crippen LogP contribution in [0.3, 0.4) is 0 Å². The van der Waals surface area contributed by atoms with E-state index in [0.29, 0.717) is 34.9 Å². The Morgan fingerprint density at radius 1 is 0.135 bits per heavy atom. The number of nitrogens with zero attached hydrogens (tertiary/aromatic N) is 12. The van der Waals surface area contributed by atoms with Crippen LogP contribution >= 0.6 is 0 Å². The molecule has 12 heteroatoms. The summed E-state index contributed by atoms with van der Waals surface area (Å²) < 4.78 is 4.73. The fourth-order valence-corrected chi connectivity index (χ4v) is 16.9. The van der Waals surface area contributed by atoms with Crippen molar-refractivity contribution in [2.24, 2.45) is 0 Å². The Morgan fingerprint density at radius 3 is 0.452 bits per heavy atom. The van der Waals surface area contributed by atoms with E-state index in [1.807, 2.05) is 121 Å². The molecule has 0 amide bonds.